The number of aldehydes is 1. The molecule has 4 fully saturated rings. The van der Waals surface area contributed by atoms with Crippen molar-refractivity contribution < 1.29 is 68.7 Å². The smallest absolute Gasteiger partial charge is 0.549 e. The number of aliphatic carboxylic acids is 1. The molecule has 0 aromatic rings. The van der Waals surface area contributed by atoms with Crippen LogP contribution in [0.5, 0.6) is 0 Å². The molecule has 196 valence electrons. The van der Waals surface area contributed by atoms with E-state index in [4.69, 9.17) is 14.2 Å². The van der Waals surface area contributed by atoms with Crippen molar-refractivity contribution in [3.05, 3.63) is 11.6 Å². The van der Waals surface area contributed by atoms with Gasteiger partial charge in [-0.1, -0.05) is 38.8 Å². The quantitative estimate of drug-likeness (QED) is 0.229. The SMILES string of the molecule is CO[C@H]1[C@@H](O)[C@@H](O)[C@H](OC[C@@]23C[C@@H]4[C@H](C)CC[C@H]4[C@@]4(C=O)C[C@H]2C=C(C(C)C)[C@@]34C(=O)[O-])O[C@@H]1C.[Na+]. The molecule has 0 amide bonds. The first kappa shape index (κ1) is 28.7. The van der Waals surface area contributed by atoms with Gasteiger partial charge in [-0.25, -0.2) is 0 Å². The van der Waals surface area contributed by atoms with Gasteiger partial charge in [-0.3, -0.25) is 0 Å². The Morgan fingerprint density at radius 1 is 1.25 bits per heavy atom. The molecule has 1 aliphatic heterocycles. The molecule has 8 nitrogen and oxygen atoms in total. The monoisotopic (exact) mass is 514 g/mol. The number of carboxylic acid groups (broad SMARTS) is 1. The minimum absolute atomic E-state index is 0. The molecule has 9 heteroatoms. The summed E-state index contributed by atoms with van der Waals surface area (Å²) in [7, 11) is 1.44. The van der Waals surface area contributed by atoms with Gasteiger partial charge in [0.2, 0.25) is 0 Å². The third-order valence-corrected chi connectivity index (χ3v) is 10.7. The number of carbonyl (C=O) groups excluding carboxylic acids is 2. The van der Waals surface area contributed by atoms with Gasteiger partial charge in [0, 0.05) is 17.9 Å². The average molecular weight is 515 g/mol. The maximum absolute atomic E-state index is 13.3. The summed E-state index contributed by atoms with van der Waals surface area (Å²) in [6, 6.07) is 0. The van der Waals surface area contributed by atoms with Crippen molar-refractivity contribution in [2.75, 3.05) is 13.7 Å². The first-order chi connectivity index (χ1) is 16.5. The third-order valence-electron chi connectivity index (χ3n) is 10.7. The van der Waals surface area contributed by atoms with Crippen molar-refractivity contribution in [3.63, 3.8) is 0 Å². The summed E-state index contributed by atoms with van der Waals surface area (Å²) < 4.78 is 17.4. The normalized spacial score (nSPS) is 51.0. The van der Waals surface area contributed by atoms with Crippen LogP contribution in [0, 0.1) is 45.8 Å². The molecular formula is C27H39NaO8. The minimum Gasteiger partial charge on any atom is -0.549 e. The van der Waals surface area contributed by atoms with Crippen molar-refractivity contribution in [2.24, 2.45) is 45.8 Å². The largest absolute Gasteiger partial charge is 1.00 e. The van der Waals surface area contributed by atoms with Crippen LogP contribution in [0.2, 0.25) is 0 Å². The topological polar surface area (TPSA) is 125 Å². The van der Waals surface area contributed by atoms with Crippen molar-refractivity contribution in [2.45, 2.75) is 84.1 Å². The molecule has 4 aliphatic carbocycles. The Morgan fingerprint density at radius 3 is 2.53 bits per heavy atom. The second-order valence-electron chi connectivity index (χ2n) is 12.2. The van der Waals surface area contributed by atoms with Gasteiger partial charge in [0.05, 0.1) is 24.1 Å². The number of carboxylic acids is 1. The van der Waals surface area contributed by atoms with Crippen LogP contribution in [0.3, 0.4) is 0 Å². The van der Waals surface area contributed by atoms with Crippen LogP contribution in [0.1, 0.15) is 53.4 Å². The third kappa shape index (κ3) is 3.35. The molecule has 0 aromatic carbocycles. The molecule has 1 heterocycles. The van der Waals surface area contributed by atoms with Crippen LogP contribution in [-0.4, -0.2) is 66.9 Å². The number of allylic oxidation sites excluding steroid dienone is 1. The van der Waals surface area contributed by atoms with Gasteiger partial charge >= 0.3 is 29.6 Å². The van der Waals surface area contributed by atoms with Crippen molar-refractivity contribution >= 4 is 12.3 Å². The Kier molecular flexibility index (Phi) is 7.73. The van der Waals surface area contributed by atoms with Gasteiger partial charge in [0.1, 0.15) is 24.6 Å². The Hall–Kier alpha value is -0.320. The van der Waals surface area contributed by atoms with Crippen LogP contribution in [0.4, 0.5) is 0 Å². The zero-order valence-corrected chi connectivity index (χ0v) is 24.3. The number of hydrogen-bond donors (Lipinski definition) is 2. The van der Waals surface area contributed by atoms with E-state index >= 15 is 0 Å². The van der Waals surface area contributed by atoms with E-state index in [2.05, 4.69) is 13.0 Å². The summed E-state index contributed by atoms with van der Waals surface area (Å²) in [5.41, 5.74) is -2.57. The molecule has 3 saturated carbocycles. The Morgan fingerprint density at radius 2 is 1.94 bits per heavy atom. The number of fused-ring (bicyclic) bond motifs is 2. The van der Waals surface area contributed by atoms with Crippen LogP contribution in [-0.2, 0) is 23.8 Å². The zero-order chi connectivity index (χ0) is 25.5. The van der Waals surface area contributed by atoms with Gasteiger partial charge < -0.3 is 39.1 Å². The number of aliphatic hydroxyl groups is 2. The number of ether oxygens (including phenoxy) is 3. The standard InChI is InChI=1S/C27H40O8.Na/c1-13(2)19-8-16-9-25(11-28)18-7-6-14(3)17(18)10-26(16,27(19,25)24(31)32)12-34-23-21(30)20(29)22(33-5)15(4)35-23;/h8,11,13-18,20-23,29-30H,6-7,9-10,12H2,1-5H3,(H,31,32);/q;+1/p-1/t14-,15-,16-,17-,18-,20+,21-,22-,23-,25+,26+,27+;/m1./s1. The van der Waals surface area contributed by atoms with E-state index in [0.717, 1.165) is 24.7 Å². The molecule has 36 heavy (non-hydrogen) atoms. The summed E-state index contributed by atoms with van der Waals surface area (Å²) in [6.45, 7) is 7.89. The Bertz CT molecular complexity index is 923. The maximum Gasteiger partial charge on any atom is 1.00 e. The van der Waals surface area contributed by atoms with E-state index in [0.29, 0.717) is 18.8 Å². The van der Waals surface area contributed by atoms with Crippen LogP contribution < -0.4 is 34.7 Å². The Balaban J connectivity index is 0.00000304. The van der Waals surface area contributed by atoms with Crippen LogP contribution >= 0.6 is 0 Å². The molecule has 1 saturated heterocycles. The fourth-order valence-electron chi connectivity index (χ4n) is 9.31. The first-order valence-corrected chi connectivity index (χ1v) is 13.1. The van der Waals surface area contributed by atoms with Gasteiger partial charge in [-0.2, -0.15) is 0 Å². The number of rotatable bonds is 7. The predicted octanol–water partition coefficient (Wildman–Crippen LogP) is -1.92. The van der Waals surface area contributed by atoms with Gasteiger partial charge in [0.15, 0.2) is 6.29 Å². The van der Waals surface area contributed by atoms with Crippen LogP contribution in [0.25, 0.3) is 0 Å². The molecule has 12 atom stereocenters. The molecule has 2 N–H and O–H groups in total. The van der Waals surface area contributed by atoms with E-state index < -0.39 is 52.9 Å². The molecule has 0 aromatic heterocycles. The van der Waals surface area contributed by atoms with E-state index in [1.54, 1.807) is 6.92 Å². The fourth-order valence-corrected chi connectivity index (χ4v) is 9.31. The van der Waals surface area contributed by atoms with Crippen molar-refractivity contribution in [1.82, 2.24) is 0 Å². The molecule has 5 aliphatic rings. The molecule has 5 rings (SSSR count). The van der Waals surface area contributed by atoms with E-state index in [-0.39, 0.29) is 59.8 Å². The summed E-state index contributed by atoms with van der Waals surface area (Å²) >= 11 is 0. The molecule has 4 bridgehead atoms. The molecule has 0 radical (unpaired) electrons. The van der Waals surface area contributed by atoms with Crippen molar-refractivity contribution in [1.29, 1.82) is 0 Å². The van der Waals surface area contributed by atoms with E-state index in [1.165, 1.54) is 7.11 Å². The summed E-state index contributed by atoms with van der Waals surface area (Å²) in [6.07, 6.45) is 1.05. The molecular weight excluding hydrogens is 475 g/mol. The number of carbonyl (C=O) groups is 2. The summed E-state index contributed by atoms with van der Waals surface area (Å²) in [5.74, 6) is -0.776. The minimum atomic E-state index is -1.45. The predicted molar refractivity (Wildman–Crippen MR) is 122 cm³/mol. The van der Waals surface area contributed by atoms with E-state index in [1.807, 2.05) is 13.8 Å². The van der Waals surface area contributed by atoms with Gasteiger partial charge in [-0.05, 0) is 55.8 Å². The zero-order valence-electron chi connectivity index (χ0n) is 22.3. The van der Waals surface area contributed by atoms with Crippen molar-refractivity contribution in [3.8, 4) is 0 Å². The number of hydrogen-bond acceptors (Lipinski definition) is 8. The van der Waals surface area contributed by atoms with E-state index in [9.17, 15) is 24.9 Å². The first-order valence-electron chi connectivity index (χ1n) is 13.1. The maximum atomic E-state index is 13.3. The fraction of sp³-hybridized carbons (Fsp3) is 0.852. The van der Waals surface area contributed by atoms with Gasteiger partial charge in [0.25, 0.3) is 0 Å². The Labute approximate surface area is 235 Å². The number of methoxy groups -OCH3 is 1. The van der Waals surface area contributed by atoms with Gasteiger partial charge in [-0.15, -0.1) is 0 Å². The summed E-state index contributed by atoms with van der Waals surface area (Å²) in [5, 5.41) is 34.6. The second-order valence-corrected chi connectivity index (χ2v) is 12.2. The number of aliphatic hydroxyl groups excluding tert-OH is 2. The second kappa shape index (κ2) is 9.70. The average Bonchev–Trinajstić information content (AvgIpc) is 3.38. The summed E-state index contributed by atoms with van der Waals surface area (Å²) in [4.78, 5) is 26.4. The van der Waals surface area contributed by atoms with Crippen LogP contribution in [0.15, 0.2) is 11.6 Å². The molecule has 0 unspecified atom stereocenters. The molecule has 0 spiro atoms.